The van der Waals surface area contributed by atoms with Crippen molar-refractivity contribution >= 4 is 17.9 Å². The summed E-state index contributed by atoms with van der Waals surface area (Å²) < 4.78 is 55.7. The van der Waals surface area contributed by atoms with Crippen LogP contribution in [-0.4, -0.2) is 12.2 Å². The molecule has 0 radical (unpaired) electrons. The molecule has 7 heteroatoms. The van der Waals surface area contributed by atoms with Gasteiger partial charge < -0.3 is 4.74 Å². The summed E-state index contributed by atoms with van der Waals surface area (Å²) in [5, 5.41) is 0. The molecule has 142 valence electrons. The second-order valence-electron chi connectivity index (χ2n) is 5.77. The highest BCUT2D eigenvalue weighted by Crippen LogP contribution is 2.29. The van der Waals surface area contributed by atoms with Crippen molar-refractivity contribution in [3.63, 3.8) is 0 Å². The number of carbonyl (C=O) groups excluding carboxylic acids is 1. The van der Waals surface area contributed by atoms with Gasteiger partial charge in [-0.3, -0.25) is 4.99 Å². The predicted molar refractivity (Wildman–Crippen MR) is 96.5 cm³/mol. The summed E-state index contributed by atoms with van der Waals surface area (Å²) in [7, 11) is 0. The monoisotopic (exact) mass is 387 g/mol. The van der Waals surface area contributed by atoms with E-state index >= 15 is 0 Å². The van der Waals surface area contributed by atoms with E-state index in [0.717, 1.165) is 29.8 Å². The van der Waals surface area contributed by atoms with Gasteiger partial charge in [0.05, 0.1) is 16.8 Å². The molecule has 0 saturated heterocycles. The molecule has 3 nitrogen and oxygen atoms in total. The molecule has 0 amide bonds. The van der Waals surface area contributed by atoms with Gasteiger partial charge in [-0.1, -0.05) is 0 Å². The van der Waals surface area contributed by atoms with Gasteiger partial charge in [0, 0.05) is 6.21 Å². The fourth-order valence-electron chi connectivity index (χ4n) is 2.26. The van der Waals surface area contributed by atoms with E-state index in [1.165, 1.54) is 36.4 Å². The van der Waals surface area contributed by atoms with Crippen molar-refractivity contribution in [1.29, 1.82) is 0 Å². The fraction of sp³-hybridized carbons (Fsp3) is 0.0476. The standard InChI is InChI=1S/C21H13F4NO2/c22-17-7-9-18(10-8-17)26-13-14-1-11-19(12-2-14)28-20(27)15-3-5-16(6-4-15)21(23,24)25/h1-13H. The number of alkyl halides is 3. The molecule has 3 aromatic carbocycles. The summed E-state index contributed by atoms with van der Waals surface area (Å²) in [6.07, 6.45) is -2.90. The number of nitrogens with zero attached hydrogens (tertiary/aromatic N) is 1. The SMILES string of the molecule is O=C(Oc1ccc(C=Nc2ccc(F)cc2)cc1)c1ccc(C(F)(F)F)cc1. The maximum Gasteiger partial charge on any atom is 0.416 e. The molecule has 0 bridgehead atoms. The summed E-state index contributed by atoms with van der Waals surface area (Å²) in [4.78, 5) is 16.2. The Morgan fingerprint density at radius 2 is 1.46 bits per heavy atom. The number of aliphatic imine (C=N–C) groups is 1. The van der Waals surface area contributed by atoms with Crippen LogP contribution in [0.1, 0.15) is 21.5 Å². The number of hydrogen-bond donors (Lipinski definition) is 0. The first kappa shape index (κ1) is 19.3. The number of halogens is 4. The lowest BCUT2D eigenvalue weighted by Crippen LogP contribution is -2.10. The third-order valence-corrected chi connectivity index (χ3v) is 3.73. The Morgan fingerprint density at radius 3 is 2.04 bits per heavy atom. The van der Waals surface area contributed by atoms with Crippen molar-refractivity contribution < 1.29 is 27.1 Å². The van der Waals surface area contributed by atoms with E-state index in [1.807, 2.05) is 0 Å². The van der Waals surface area contributed by atoms with E-state index in [0.29, 0.717) is 5.69 Å². The Hall–Kier alpha value is -3.48. The lowest BCUT2D eigenvalue weighted by molar-refractivity contribution is -0.137. The fourth-order valence-corrected chi connectivity index (χ4v) is 2.26. The van der Waals surface area contributed by atoms with Gasteiger partial charge in [-0.2, -0.15) is 13.2 Å². The second kappa shape index (κ2) is 8.04. The molecule has 28 heavy (non-hydrogen) atoms. The van der Waals surface area contributed by atoms with Gasteiger partial charge in [0.1, 0.15) is 11.6 Å². The van der Waals surface area contributed by atoms with Crippen LogP contribution in [0.2, 0.25) is 0 Å². The zero-order valence-corrected chi connectivity index (χ0v) is 14.3. The number of esters is 1. The van der Waals surface area contributed by atoms with E-state index in [1.54, 1.807) is 18.3 Å². The first-order valence-electron chi connectivity index (χ1n) is 8.10. The van der Waals surface area contributed by atoms with E-state index in [2.05, 4.69) is 4.99 Å². The minimum absolute atomic E-state index is 0.00921. The highest BCUT2D eigenvalue weighted by Gasteiger charge is 2.30. The summed E-state index contributed by atoms with van der Waals surface area (Å²) in [5.74, 6) is -0.872. The minimum Gasteiger partial charge on any atom is -0.423 e. The lowest BCUT2D eigenvalue weighted by atomic mass is 10.1. The molecule has 0 N–H and O–H groups in total. The van der Waals surface area contributed by atoms with E-state index < -0.39 is 17.7 Å². The smallest absolute Gasteiger partial charge is 0.416 e. The van der Waals surface area contributed by atoms with Crippen LogP contribution in [0.25, 0.3) is 0 Å². The molecule has 0 unspecified atom stereocenters. The van der Waals surface area contributed by atoms with Gasteiger partial charge in [0.25, 0.3) is 0 Å². The van der Waals surface area contributed by atoms with Crippen LogP contribution >= 0.6 is 0 Å². The van der Waals surface area contributed by atoms with Crippen molar-refractivity contribution in [2.24, 2.45) is 4.99 Å². The molecule has 0 saturated carbocycles. The first-order chi connectivity index (χ1) is 13.3. The number of ether oxygens (including phenoxy) is 1. The van der Waals surface area contributed by atoms with Crippen LogP contribution in [0, 0.1) is 5.82 Å². The van der Waals surface area contributed by atoms with Crippen molar-refractivity contribution in [3.05, 3.63) is 95.3 Å². The number of benzene rings is 3. The van der Waals surface area contributed by atoms with Crippen molar-refractivity contribution in [3.8, 4) is 5.75 Å². The molecular weight excluding hydrogens is 374 g/mol. The predicted octanol–water partition coefficient (Wildman–Crippen LogP) is 5.81. The van der Waals surface area contributed by atoms with E-state index in [-0.39, 0.29) is 17.1 Å². The Balaban J connectivity index is 1.63. The zero-order valence-electron chi connectivity index (χ0n) is 14.3. The van der Waals surface area contributed by atoms with Crippen molar-refractivity contribution in [2.75, 3.05) is 0 Å². The van der Waals surface area contributed by atoms with Crippen LogP contribution in [0.4, 0.5) is 23.2 Å². The molecular formula is C21H13F4NO2. The quantitative estimate of drug-likeness (QED) is 0.245. The van der Waals surface area contributed by atoms with E-state index in [4.69, 9.17) is 4.74 Å². The van der Waals surface area contributed by atoms with Crippen LogP contribution in [0.5, 0.6) is 5.75 Å². The third-order valence-electron chi connectivity index (χ3n) is 3.73. The van der Waals surface area contributed by atoms with Crippen LogP contribution in [0.3, 0.4) is 0 Å². The number of hydrogen-bond acceptors (Lipinski definition) is 3. The molecule has 0 spiro atoms. The van der Waals surface area contributed by atoms with Gasteiger partial charge in [0.2, 0.25) is 0 Å². The van der Waals surface area contributed by atoms with E-state index in [9.17, 15) is 22.4 Å². The maximum absolute atomic E-state index is 12.8. The average molecular weight is 387 g/mol. The molecule has 0 aromatic heterocycles. The molecule has 0 aliphatic rings. The molecule has 0 aliphatic carbocycles. The second-order valence-corrected chi connectivity index (χ2v) is 5.77. The Kier molecular flexibility index (Phi) is 5.54. The normalized spacial score (nSPS) is 11.6. The van der Waals surface area contributed by atoms with Gasteiger partial charge in [-0.05, 0) is 78.4 Å². The van der Waals surface area contributed by atoms with Gasteiger partial charge in [-0.25, -0.2) is 9.18 Å². The van der Waals surface area contributed by atoms with Gasteiger partial charge in [0.15, 0.2) is 0 Å². The molecule has 0 atom stereocenters. The number of carbonyl (C=O) groups is 1. The van der Waals surface area contributed by atoms with Crippen LogP contribution in [-0.2, 0) is 6.18 Å². The molecule has 0 heterocycles. The maximum atomic E-state index is 12.8. The van der Waals surface area contributed by atoms with Crippen molar-refractivity contribution in [2.45, 2.75) is 6.18 Å². The highest BCUT2D eigenvalue weighted by atomic mass is 19.4. The first-order valence-corrected chi connectivity index (χ1v) is 8.10. The van der Waals surface area contributed by atoms with Crippen LogP contribution < -0.4 is 4.74 Å². The molecule has 0 fully saturated rings. The summed E-state index contributed by atoms with van der Waals surface area (Å²) in [6.45, 7) is 0. The number of rotatable bonds is 4. The third kappa shape index (κ3) is 5.03. The van der Waals surface area contributed by atoms with Crippen LogP contribution in [0.15, 0.2) is 77.8 Å². The molecule has 3 aromatic rings. The lowest BCUT2D eigenvalue weighted by Gasteiger charge is -2.08. The molecule has 3 rings (SSSR count). The van der Waals surface area contributed by atoms with Gasteiger partial charge >= 0.3 is 12.1 Å². The summed E-state index contributed by atoms with van der Waals surface area (Å²) in [6, 6.07) is 15.8. The summed E-state index contributed by atoms with van der Waals surface area (Å²) in [5.41, 5.74) is 0.474. The summed E-state index contributed by atoms with van der Waals surface area (Å²) >= 11 is 0. The highest BCUT2D eigenvalue weighted by molar-refractivity contribution is 5.91. The largest absolute Gasteiger partial charge is 0.423 e. The Labute approximate surface area is 157 Å². The van der Waals surface area contributed by atoms with Gasteiger partial charge in [-0.15, -0.1) is 0 Å². The minimum atomic E-state index is -4.46. The zero-order chi connectivity index (χ0) is 20.1. The Morgan fingerprint density at radius 1 is 0.857 bits per heavy atom. The molecule has 0 aliphatic heterocycles. The van der Waals surface area contributed by atoms with Crippen molar-refractivity contribution in [1.82, 2.24) is 0 Å². The average Bonchev–Trinajstić information content (AvgIpc) is 2.68. The topological polar surface area (TPSA) is 38.7 Å². The Bertz CT molecular complexity index is 977.